The van der Waals surface area contributed by atoms with Crippen molar-refractivity contribution >= 4 is 11.3 Å². The molecule has 1 aliphatic carbocycles. The van der Waals surface area contributed by atoms with Crippen LogP contribution in [0.25, 0.3) is 10.6 Å². The molecule has 1 atom stereocenters. The Kier molecular flexibility index (Phi) is 5.70. The molecule has 0 bridgehead atoms. The summed E-state index contributed by atoms with van der Waals surface area (Å²) in [5, 5.41) is 3.36. The summed E-state index contributed by atoms with van der Waals surface area (Å²) in [7, 11) is 0. The van der Waals surface area contributed by atoms with Crippen LogP contribution in [0.2, 0.25) is 0 Å². The van der Waals surface area contributed by atoms with Crippen LogP contribution in [0.15, 0.2) is 54.0 Å². The highest BCUT2D eigenvalue weighted by molar-refractivity contribution is 7.13. The smallest absolute Gasteiger partial charge is 0.123 e. The number of nitrogens with zero attached hydrogens (tertiary/aromatic N) is 4. The van der Waals surface area contributed by atoms with Gasteiger partial charge < -0.3 is 0 Å². The molecule has 3 heterocycles. The third kappa shape index (κ3) is 4.27. The Balaban J connectivity index is 1.23. The molecule has 2 aliphatic rings. The normalized spacial score (nSPS) is 20.9. The monoisotopic (exact) mass is 404 g/mol. The lowest BCUT2D eigenvalue weighted by molar-refractivity contribution is 0.176. The van der Waals surface area contributed by atoms with Crippen LogP contribution in [0.1, 0.15) is 42.3 Å². The van der Waals surface area contributed by atoms with E-state index in [1.165, 1.54) is 54.7 Å². The maximum absolute atomic E-state index is 4.90. The fourth-order valence-corrected chi connectivity index (χ4v) is 5.54. The minimum absolute atomic E-state index is 0.504. The largest absolute Gasteiger partial charge is 0.296 e. The molecule has 0 saturated carbocycles. The van der Waals surface area contributed by atoms with Gasteiger partial charge in [0.25, 0.3) is 0 Å². The molecule has 1 aliphatic heterocycles. The second kappa shape index (κ2) is 8.74. The van der Waals surface area contributed by atoms with Crippen LogP contribution >= 0.6 is 11.3 Å². The average Bonchev–Trinajstić information content (AvgIpc) is 3.12. The molecule has 5 rings (SSSR count). The van der Waals surface area contributed by atoms with Crippen molar-refractivity contribution in [2.24, 2.45) is 0 Å². The summed E-state index contributed by atoms with van der Waals surface area (Å²) in [5.74, 6) is 0. The first-order valence-corrected chi connectivity index (χ1v) is 11.6. The molecule has 29 heavy (non-hydrogen) atoms. The molecule has 150 valence electrons. The maximum atomic E-state index is 4.90. The van der Waals surface area contributed by atoms with Gasteiger partial charge in [0.1, 0.15) is 5.01 Å². The van der Waals surface area contributed by atoms with E-state index in [0.29, 0.717) is 6.04 Å². The third-order valence-corrected chi connectivity index (χ3v) is 7.13. The van der Waals surface area contributed by atoms with Crippen molar-refractivity contribution < 1.29 is 0 Å². The maximum Gasteiger partial charge on any atom is 0.123 e. The van der Waals surface area contributed by atoms with Crippen LogP contribution in [0.3, 0.4) is 0 Å². The number of rotatable bonds is 4. The molecule has 1 saturated heterocycles. The Hall–Kier alpha value is -2.08. The van der Waals surface area contributed by atoms with Gasteiger partial charge in [0.05, 0.1) is 17.4 Å². The molecule has 1 fully saturated rings. The number of fused-ring (bicyclic) bond motifs is 1. The molecule has 2 aromatic heterocycles. The van der Waals surface area contributed by atoms with Gasteiger partial charge in [-0.3, -0.25) is 14.8 Å². The Morgan fingerprint density at radius 3 is 2.83 bits per heavy atom. The van der Waals surface area contributed by atoms with E-state index in [0.717, 1.165) is 31.2 Å². The van der Waals surface area contributed by atoms with E-state index in [1.807, 2.05) is 6.20 Å². The standard InChI is InChI=1S/C24H28N4S/c1-2-7-20(8-3-1)24-26-21(18-29-24)17-27-13-6-14-28(16-15-27)22-11-4-9-19-10-5-12-25-23(19)22/h1-3,5,7-8,10,12,18,22H,4,6,9,11,13-17H2. The first-order chi connectivity index (χ1) is 14.4. The Labute approximate surface area is 177 Å². The molecule has 1 unspecified atom stereocenters. The van der Waals surface area contributed by atoms with Crippen LogP contribution in [-0.4, -0.2) is 45.9 Å². The van der Waals surface area contributed by atoms with Gasteiger partial charge in [-0.2, -0.15) is 0 Å². The average molecular weight is 405 g/mol. The first-order valence-electron chi connectivity index (χ1n) is 10.8. The van der Waals surface area contributed by atoms with Crippen molar-refractivity contribution in [3.63, 3.8) is 0 Å². The summed E-state index contributed by atoms with van der Waals surface area (Å²) in [6.45, 7) is 5.50. The van der Waals surface area contributed by atoms with Gasteiger partial charge in [0, 0.05) is 43.3 Å². The zero-order valence-corrected chi connectivity index (χ0v) is 17.7. The zero-order chi connectivity index (χ0) is 19.5. The lowest BCUT2D eigenvalue weighted by atomic mass is 9.91. The summed E-state index contributed by atoms with van der Waals surface area (Å²) in [6, 6.07) is 15.4. The van der Waals surface area contributed by atoms with Gasteiger partial charge in [0.15, 0.2) is 0 Å². The predicted octanol–water partition coefficient (Wildman–Crippen LogP) is 4.79. The number of aromatic nitrogens is 2. The van der Waals surface area contributed by atoms with E-state index >= 15 is 0 Å². The van der Waals surface area contributed by atoms with Crippen molar-refractivity contribution in [3.05, 3.63) is 71.0 Å². The van der Waals surface area contributed by atoms with E-state index < -0.39 is 0 Å². The lowest BCUT2D eigenvalue weighted by Gasteiger charge is -2.34. The summed E-state index contributed by atoms with van der Waals surface area (Å²) in [6.07, 6.45) is 6.90. The van der Waals surface area contributed by atoms with Crippen LogP contribution < -0.4 is 0 Å². The molecule has 5 heteroatoms. The van der Waals surface area contributed by atoms with E-state index in [4.69, 9.17) is 9.97 Å². The second-order valence-corrected chi connectivity index (χ2v) is 8.99. The number of hydrogen-bond donors (Lipinski definition) is 0. The number of hydrogen-bond acceptors (Lipinski definition) is 5. The van der Waals surface area contributed by atoms with E-state index in [1.54, 1.807) is 11.3 Å². The summed E-state index contributed by atoms with van der Waals surface area (Å²) >= 11 is 1.76. The molecule has 0 spiro atoms. The van der Waals surface area contributed by atoms with Crippen LogP contribution in [-0.2, 0) is 13.0 Å². The highest BCUT2D eigenvalue weighted by Crippen LogP contribution is 2.33. The van der Waals surface area contributed by atoms with E-state index in [2.05, 4.69) is 57.6 Å². The van der Waals surface area contributed by atoms with Crippen molar-refractivity contribution in [2.45, 2.75) is 38.3 Å². The fourth-order valence-electron chi connectivity index (χ4n) is 4.72. The molecule has 0 N–H and O–H groups in total. The van der Waals surface area contributed by atoms with Crippen molar-refractivity contribution in [1.82, 2.24) is 19.8 Å². The molecular weight excluding hydrogens is 376 g/mol. The summed E-state index contributed by atoms with van der Waals surface area (Å²) in [4.78, 5) is 14.9. The van der Waals surface area contributed by atoms with E-state index in [9.17, 15) is 0 Å². The Morgan fingerprint density at radius 1 is 0.966 bits per heavy atom. The zero-order valence-electron chi connectivity index (χ0n) is 16.8. The van der Waals surface area contributed by atoms with E-state index in [-0.39, 0.29) is 0 Å². The van der Waals surface area contributed by atoms with Gasteiger partial charge >= 0.3 is 0 Å². The van der Waals surface area contributed by atoms with Crippen molar-refractivity contribution in [3.8, 4) is 10.6 Å². The molecule has 0 amide bonds. The van der Waals surface area contributed by atoms with Gasteiger partial charge in [-0.05, 0) is 43.9 Å². The molecule has 0 radical (unpaired) electrons. The molecule has 1 aromatic carbocycles. The summed E-state index contributed by atoms with van der Waals surface area (Å²) in [5.41, 5.74) is 5.21. The second-order valence-electron chi connectivity index (χ2n) is 8.13. The number of thiazole rings is 1. The number of benzene rings is 1. The van der Waals surface area contributed by atoms with Gasteiger partial charge in [-0.1, -0.05) is 36.4 Å². The Morgan fingerprint density at radius 2 is 1.90 bits per heavy atom. The minimum Gasteiger partial charge on any atom is -0.296 e. The lowest BCUT2D eigenvalue weighted by Crippen LogP contribution is -2.35. The van der Waals surface area contributed by atoms with Crippen molar-refractivity contribution in [2.75, 3.05) is 26.2 Å². The third-order valence-electron chi connectivity index (χ3n) is 6.19. The quantitative estimate of drug-likeness (QED) is 0.626. The minimum atomic E-state index is 0.504. The summed E-state index contributed by atoms with van der Waals surface area (Å²) < 4.78 is 0. The van der Waals surface area contributed by atoms with Gasteiger partial charge in [-0.15, -0.1) is 11.3 Å². The molecule has 3 aromatic rings. The predicted molar refractivity (Wildman–Crippen MR) is 119 cm³/mol. The molecular formula is C24H28N4S. The molecule has 4 nitrogen and oxygen atoms in total. The van der Waals surface area contributed by atoms with Crippen LogP contribution in [0, 0.1) is 0 Å². The number of aryl methyl sites for hydroxylation is 1. The van der Waals surface area contributed by atoms with Crippen molar-refractivity contribution in [1.29, 1.82) is 0 Å². The van der Waals surface area contributed by atoms with Crippen LogP contribution in [0.5, 0.6) is 0 Å². The fraction of sp³-hybridized carbons (Fsp3) is 0.417. The highest BCUT2D eigenvalue weighted by Gasteiger charge is 2.28. The highest BCUT2D eigenvalue weighted by atomic mass is 32.1. The SMILES string of the molecule is c1ccc(-c2nc(CN3CCCN(C4CCCc5cccnc54)CC3)cs2)cc1. The van der Waals surface area contributed by atoms with Gasteiger partial charge in [0.2, 0.25) is 0 Å². The van der Waals surface area contributed by atoms with Crippen LogP contribution in [0.4, 0.5) is 0 Å². The van der Waals surface area contributed by atoms with Gasteiger partial charge in [-0.25, -0.2) is 4.98 Å². The topological polar surface area (TPSA) is 32.3 Å². The Bertz CT molecular complexity index is 939. The first kappa shape index (κ1) is 18.9. The number of pyridine rings is 1.